The Bertz CT molecular complexity index is 801. The number of carbonyl (C=O) groups is 1. The van der Waals surface area contributed by atoms with Gasteiger partial charge in [-0.3, -0.25) is 9.69 Å². The molecule has 1 aliphatic heterocycles. The van der Waals surface area contributed by atoms with Crippen LogP contribution in [0.2, 0.25) is 0 Å². The SMILES string of the molecule is CCC[C@@H](C(N)=O)N(C)[C@H]1CC[C@@H]2CN(S(=O)(=O)c3cccc(Br)c3)C[C@@H]21. The number of benzene rings is 1. The van der Waals surface area contributed by atoms with Crippen molar-refractivity contribution < 1.29 is 13.2 Å². The Morgan fingerprint density at radius 2 is 2.11 bits per heavy atom. The van der Waals surface area contributed by atoms with Crippen LogP contribution in [-0.4, -0.2) is 55.8 Å². The lowest BCUT2D eigenvalue weighted by Gasteiger charge is -2.34. The molecular weight excluding hydrogens is 430 g/mol. The second kappa shape index (κ2) is 8.19. The highest BCUT2D eigenvalue weighted by atomic mass is 79.9. The molecule has 0 unspecified atom stereocenters. The maximum Gasteiger partial charge on any atom is 0.243 e. The van der Waals surface area contributed by atoms with Crippen molar-refractivity contribution in [2.75, 3.05) is 20.1 Å². The molecule has 6 nitrogen and oxygen atoms in total. The molecule has 1 heterocycles. The summed E-state index contributed by atoms with van der Waals surface area (Å²) in [5.74, 6) is 0.296. The van der Waals surface area contributed by atoms with Crippen molar-refractivity contribution in [1.82, 2.24) is 9.21 Å². The van der Waals surface area contributed by atoms with Gasteiger partial charge in [0.25, 0.3) is 0 Å². The molecule has 1 aromatic carbocycles. The van der Waals surface area contributed by atoms with Crippen LogP contribution in [0.15, 0.2) is 33.6 Å². The van der Waals surface area contributed by atoms with Crippen molar-refractivity contribution in [3.8, 4) is 0 Å². The van der Waals surface area contributed by atoms with E-state index >= 15 is 0 Å². The van der Waals surface area contributed by atoms with Crippen LogP contribution in [-0.2, 0) is 14.8 Å². The summed E-state index contributed by atoms with van der Waals surface area (Å²) in [6, 6.07) is 6.77. The minimum atomic E-state index is -3.51. The zero-order valence-electron chi connectivity index (χ0n) is 15.8. The summed E-state index contributed by atoms with van der Waals surface area (Å²) in [6.07, 6.45) is 3.60. The van der Waals surface area contributed by atoms with E-state index in [1.54, 1.807) is 22.5 Å². The minimum absolute atomic E-state index is 0.196. The van der Waals surface area contributed by atoms with Gasteiger partial charge in [0.15, 0.2) is 0 Å². The number of amides is 1. The molecule has 2 N–H and O–H groups in total. The molecule has 1 saturated heterocycles. The molecule has 3 rings (SSSR count). The summed E-state index contributed by atoms with van der Waals surface area (Å²) in [4.78, 5) is 14.3. The lowest BCUT2D eigenvalue weighted by Crippen LogP contribution is -2.49. The van der Waals surface area contributed by atoms with E-state index in [0.717, 1.165) is 30.2 Å². The minimum Gasteiger partial charge on any atom is -0.368 e. The average molecular weight is 458 g/mol. The predicted octanol–water partition coefficient (Wildman–Crippen LogP) is 2.43. The van der Waals surface area contributed by atoms with E-state index in [1.165, 1.54) is 0 Å². The zero-order chi connectivity index (χ0) is 19.8. The molecule has 0 aromatic heterocycles. The monoisotopic (exact) mass is 457 g/mol. The molecule has 1 aliphatic carbocycles. The van der Waals surface area contributed by atoms with Gasteiger partial charge >= 0.3 is 0 Å². The van der Waals surface area contributed by atoms with Crippen LogP contribution < -0.4 is 5.73 Å². The van der Waals surface area contributed by atoms with Gasteiger partial charge in [-0.1, -0.05) is 35.3 Å². The fourth-order valence-electron chi connectivity index (χ4n) is 4.73. The van der Waals surface area contributed by atoms with Crippen LogP contribution in [0.5, 0.6) is 0 Å². The number of carbonyl (C=O) groups excluding carboxylic acids is 1. The maximum absolute atomic E-state index is 13.1. The lowest BCUT2D eigenvalue weighted by molar-refractivity contribution is -0.124. The zero-order valence-corrected chi connectivity index (χ0v) is 18.2. The van der Waals surface area contributed by atoms with E-state index in [9.17, 15) is 13.2 Å². The lowest BCUT2D eigenvalue weighted by atomic mass is 9.95. The highest BCUT2D eigenvalue weighted by Crippen LogP contribution is 2.42. The van der Waals surface area contributed by atoms with E-state index in [-0.39, 0.29) is 23.9 Å². The van der Waals surface area contributed by atoms with E-state index in [1.807, 2.05) is 20.0 Å². The first-order valence-electron chi connectivity index (χ1n) is 9.52. The van der Waals surface area contributed by atoms with Crippen molar-refractivity contribution in [2.45, 2.75) is 49.6 Å². The van der Waals surface area contributed by atoms with Crippen LogP contribution in [0.3, 0.4) is 0 Å². The number of likely N-dealkylation sites (N-methyl/N-ethyl adjacent to an activating group) is 1. The molecule has 2 aliphatic rings. The Hall–Kier alpha value is -0.960. The highest BCUT2D eigenvalue weighted by molar-refractivity contribution is 9.10. The van der Waals surface area contributed by atoms with Crippen molar-refractivity contribution in [3.63, 3.8) is 0 Å². The molecule has 0 bridgehead atoms. The van der Waals surface area contributed by atoms with E-state index in [4.69, 9.17) is 5.73 Å². The molecule has 0 spiro atoms. The Balaban J connectivity index is 1.77. The fourth-order valence-corrected chi connectivity index (χ4v) is 6.86. The molecule has 1 aromatic rings. The molecular formula is C19H28BrN3O3S. The predicted molar refractivity (Wildman–Crippen MR) is 109 cm³/mol. The first kappa shape index (κ1) is 20.8. The Morgan fingerprint density at radius 1 is 1.37 bits per heavy atom. The van der Waals surface area contributed by atoms with Crippen LogP contribution >= 0.6 is 15.9 Å². The molecule has 0 radical (unpaired) electrons. The third kappa shape index (κ3) is 4.09. The Kier molecular flexibility index (Phi) is 6.30. The van der Waals surface area contributed by atoms with Crippen LogP contribution in [0.25, 0.3) is 0 Å². The maximum atomic E-state index is 13.1. The smallest absolute Gasteiger partial charge is 0.243 e. The van der Waals surface area contributed by atoms with Gasteiger partial charge in [-0.05, 0) is 56.3 Å². The van der Waals surface area contributed by atoms with E-state index in [2.05, 4.69) is 20.8 Å². The van der Waals surface area contributed by atoms with Crippen molar-refractivity contribution in [3.05, 3.63) is 28.7 Å². The van der Waals surface area contributed by atoms with Gasteiger partial charge in [-0.15, -0.1) is 0 Å². The third-order valence-electron chi connectivity index (χ3n) is 6.12. The second-order valence-corrected chi connectivity index (χ2v) is 10.6. The summed E-state index contributed by atoms with van der Waals surface area (Å²) in [5, 5.41) is 0. The van der Waals surface area contributed by atoms with Gasteiger partial charge in [0, 0.05) is 23.6 Å². The highest BCUT2D eigenvalue weighted by Gasteiger charge is 2.48. The summed E-state index contributed by atoms with van der Waals surface area (Å²) in [6.45, 7) is 3.11. The normalized spacial score (nSPS) is 27.0. The summed E-state index contributed by atoms with van der Waals surface area (Å²) in [7, 11) is -1.54. The number of rotatable bonds is 7. The second-order valence-electron chi connectivity index (χ2n) is 7.72. The van der Waals surface area contributed by atoms with Gasteiger partial charge < -0.3 is 5.73 Å². The number of primary amides is 1. The van der Waals surface area contributed by atoms with Gasteiger partial charge in [-0.2, -0.15) is 4.31 Å². The average Bonchev–Trinajstić information content (AvgIpc) is 3.19. The Morgan fingerprint density at radius 3 is 2.74 bits per heavy atom. The first-order valence-corrected chi connectivity index (χ1v) is 11.8. The van der Waals surface area contributed by atoms with Crippen LogP contribution in [0.1, 0.15) is 32.6 Å². The number of sulfonamides is 1. The molecule has 1 saturated carbocycles. The standard InChI is InChI=1S/C19H28BrN3O3S/c1-3-5-18(19(21)24)22(2)17-9-8-13-11-23(12-16(13)17)27(25,26)15-7-4-6-14(20)10-15/h4,6-7,10,13,16-18H,3,5,8-9,11-12H2,1-2H3,(H2,21,24)/t13-,16+,17+,18+/m1/s1. The van der Waals surface area contributed by atoms with Crippen LogP contribution in [0.4, 0.5) is 0 Å². The molecule has 150 valence electrons. The fraction of sp³-hybridized carbons (Fsp3) is 0.632. The quantitative estimate of drug-likeness (QED) is 0.681. The summed E-state index contributed by atoms with van der Waals surface area (Å²) >= 11 is 3.35. The third-order valence-corrected chi connectivity index (χ3v) is 8.45. The molecule has 27 heavy (non-hydrogen) atoms. The number of hydrogen-bond acceptors (Lipinski definition) is 4. The van der Waals surface area contributed by atoms with E-state index < -0.39 is 10.0 Å². The largest absolute Gasteiger partial charge is 0.368 e. The topological polar surface area (TPSA) is 83.7 Å². The van der Waals surface area contributed by atoms with Crippen molar-refractivity contribution >= 4 is 31.9 Å². The molecule has 1 amide bonds. The molecule has 4 atom stereocenters. The summed E-state index contributed by atoms with van der Waals surface area (Å²) in [5.41, 5.74) is 5.62. The van der Waals surface area contributed by atoms with Gasteiger partial charge in [0.05, 0.1) is 10.9 Å². The van der Waals surface area contributed by atoms with Gasteiger partial charge in [0.1, 0.15) is 0 Å². The summed E-state index contributed by atoms with van der Waals surface area (Å²) < 4.78 is 28.5. The Labute approximate surface area is 170 Å². The van der Waals surface area contributed by atoms with Gasteiger partial charge in [-0.25, -0.2) is 8.42 Å². The van der Waals surface area contributed by atoms with Crippen LogP contribution in [0, 0.1) is 11.8 Å². The van der Waals surface area contributed by atoms with E-state index in [0.29, 0.717) is 23.9 Å². The number of halogens is 1. The van der Waals surface area contributed by atoms with Crippen molar-refractivity contribution in [2.24, 2.45) is 17.6 Å². The van der Waals surface area contributed by atoms with Crippen molar-refractivity contribution in [1.29, 1.82) is 0 Å². The molecule has 2 fully saturated rings. The number of nitrogens with two attached hydrogens (primary N) is 1. The number of hydrogen-bond donors (Lipinski definition) is 1. The number of nitrogens with zero attached hydrogens (tertiary/aromatic N) is 2. The number of fused-ring (bicyclic) bond motifs is 1. The first-order chi connectivity index (χ1) is 12.8. The molecule has 8 heteroatoms. The van der Waals surface area contributed by atoms with Gasteiger partial charge in [0.2, 0.25) is 15.9 Å².